The van der Waals surface area contributed by atoms with Gasteiger partial charge in [0.05, 0.1) is 23.4 Å². The fourth-order valence-corrected chi connectivity index (χ4v) is 4.40. The first kappa shape index (κ1) is 24.5. The van der Waals surface area contributed by atoms with Crippen molar-refractivity contribution >= 4 is 46.1 Å². The highest BCUT2D eigenvalue weighted by Gasteiger charge is 2.28. The largest absolute Gasteiger partial charge is 0.481 e. The molecule has 3 N–H and O–H groups in total. The number of aliphatic carboxylic acids is 1. The maximum Gasteiger partial charge on any atom is 0.307 e. The van der Waals surface area contributed by atoms with E-state index in [1.54, 1.807) is 18.2 Å². The highest BCUT2D eigenvalue weighted by Crippen LogP contribution is 2.39. The number of fused-ring (bicyclic) bond motifs is 1. The number of carbonyl (C=O) groups is 2. The van der Waals surface area contributed by atoms with Crippen LogP contribution in [-0.4, -0.2) is 42.5 Å². The smallest absolute Gasteiger partial charge is 0.307 e. The maximum atomic E-state index is 13.1. The van der Waals surface area contributed by atoms with Crippen LogP contribution in [0.2, 0.25) is 5.02 Å². The Labute approximate surface area is 210 Å². The number of carboxylic acid groups (broad SMARTS) is 1. The molecular formula is C28H28ClN3O3. The van der Waals surface area contributed by atoms with Gasteiger partial charge in [-0.05, 0) is 80.5 Å². The Kier molecular flexibility index (Phi) is 7.54. The first-order valence-electron chi connectivity index (χ1n) is 11.5. The van der Waals surface area contributed by atoms with Gasteiger partial charge >= 0.3 is 5.97 Å². The average Bonchev–Trinajstić information content (AvgIpc) is 3.11. The van der Waals surface area contributed by atoms with E-state index >= 15 is 0 Å². The second-order valence-electron chi connectivity index (χ2n) is 8.90. The summed E-state index contributed by atoms with van der Waals surface area (Å²) in [4.78, 5) is 26.6. The molecule has 6 nitrogen and oxygen atoms in total. The van der Waals surface area contributed by atoms with Crippen molar-refractivity contribution in [1.82, 2.24) is 4.90 Å². The molecule has 1 aliphatic heterocycles. The van der Waals surface area contributed by atoms with Gasteiger partial charge in [0, 0.05) is 16.3 Å². The Hall–Kier alpha value is -3.61. The molecule has 0 aromatic heterocycles. The van der Waals surface area contributed by atoms with Crippen molar-refractivity contribution < 1.29 is 14.7 Å². The number of rotatable bonds is 9. The van der Waals surface area contributed by atoms with Gasteiger partial charge in [0.2, 0.25) is 0 Å². The maximum absolute atomic E-state index is 13.1. The molecule has 0 unspecified atom stereocenters. The highest BCUT2D eigenvalue weighted by atomic mass is 35.5. The zero-order chi connectivity index (χ0) is 24.9. The summed E-state index contributed by atoms with van der Waals surface area (Å²) in [6.45, 7) is 1.00. The number of benzene rings is 3. The van der Waals surface area contributed by atoms with E-state index in [1.807, 2.05) is 36.4 Å². The third kappa shape index (κ3) is 6.10. The number of nitrogens with one attached hydrogen (secondary N) is 2. The standard InChI is InChI=1S/C28H28ClN3O3/c1-32(2)13-5-8-18-6-4-10-22(15-18)30-27(20-9-3-7-19(14-20)16-25(33)34)26-23-12-11-21(29)17-24(23)31-28(26)35/h3-4,6-7,9-12,14-15,17,30H,5,8,13,16H2,1-2H3,(H,31,35)(H,33,34). The van der Waals surface area contributed by atoms with Gasteiger partial charge in [-0.1, -0.05) is 48.0 Å². The molecule has 1 aliphatic rings. The summed E-state index contributed by atoms with van der Waals surface area (Å²) in [6.07, 6.45) is 1.88. The molecule has 4 rings (SSSR count). The van der Waals surface area contributed by atoms with Crippen molar-refractivity contribution in [1.29, 1.82) is 0 Å². The van der Waals surface area contributed by atoms with E-state index in [-0.39, 0.29) is 12.3 Å². The third-order valence-electron chi connectivity index (χ3n) is 5.81. The lowest BCUT2D eigenvalue weighted by Crippen LogP contribution is -2.13. The summed E-state index contributed by atoms with van der Waals surface area (Å²) in [6, 6.07) is 20.7. The topological polar surface area (TPSA) is 81.7 Å². The van der Waals surface area contributed by atoms with Crippen molar-refractivity contribution in [3.8, 4) is 0 Å². The first-order valence-corrected chi connectivity index (χ1v) is 11.9. The molecule has 1 amide bonds. The summed E-state index contributed by atoms with van der Waals surface area (Å²) in [5.41, 5.74) is 5.93. The van der Waals surface area contributed by atoms with E-state index in [2.05, 4.69) is 41.8 Å². The minimum atomic E-state index is -0.909. The van der Waals surface area contributed by atoms with E-state index in [0.29, 0.717) is 27.5 Å². The Morgan fingerprint density at radius 1 is 1.03 bits per heavy atom. The minimum Gasteiger partial charge on any atom is -0.481 e. The number of hydrogen-bond acceptors (Lipinski definition) is 4. The SMILES string of the molecule is CN(C)CCCc1cccc(NC(=C2C(=O)Nc3cc(Cl)ccc32)c2cccc(CC(=O)O)c2)c1. The normalized spacial score (nSPS) is 14.0. The predicted molar refractivity (Wildman–Crippen MR) is 142 cm³/mol. The van der Waals surface area contributed by atoms with Crippen molar-refractivity contribution in [3.05, 3.63) is 94.0 Å². The number of halogens is 1. The van der Waals surface area contributed by atoms with Gasteiger partial charge in [0.1, 0.15) is 0 Å². The van der Waals surface area contributed by atoms with Gasteiger partial charge < -0.3 is 20.6 Å². The van der Waals surface area contributed by atoms with Crippen LogP contribution in [0.15, 0.2) is 66.7 Å². The molecule has 1 heterocycles. The van der Waals surface area contributed by atoms with E-state index in [1.165, 1.54) is 5.56 Å². The highest BCUT2D eigenvalue weighted by molar-refractivity contribution is 6.38. The molecule has 180 valence electrons. The van der Waals surface area contributed by atoms with Gasteiger partial charge in [-0.3, -0.25) is 9.59 Å². The molecular weight excluding hydrogens is 462 g/mol. The molecule has 0 radical (unpaired) electrons. The fourth-order valence-electron chi connectivity index (χ4n) is 4.23. The van der Waals surface area contributed by atoms with Crippen LogP contribution in [0.4, 0.5) is 11.4 Å². The van der Waals surface area contributed by atoms with Gasteiger partial charge in [0.15, 0.2) is 0 Å². The Morgan fingerprint density at radius 3 is 2.57 bits per heavy atom. The molecule has 3 aromatic rings. The van der Waals surface area contributed by atoms with Gasteiger partial charge in [-0.15, -0.1) is 0 Å². The molecule has 0 saturated heterocycles. The Morgan fingerprint density at radius 2 is 1.80 bits per heavy atom. The average molecular weight is 490 g/mol. The number of hydrogen-bond donors (Lipinski definition) is 3. The monoisotopic (exact) mass is 489 g/mol. The fraction of sp³-hybridized carbons (Fsp3) is 0.214. The quantitative estimate of drug-likeness (QED) is 0.351. The van der Waals surface area contributed by atoms with E-state index < -0.39 is 5.97 Å². The lowest BCUT2D eigenvalue weighted by Gasteiger charge is -2.16. The van der Waals surface area contributed by atoms with Crippen LogP contribution in [0, 0.1) is 0 Å². The molecule has 0 atom stereocenters. The zero-order valence-electron chi connectivity index (χ0n) is 19.8. The number of carboxylic acids is 1. The second kappa shape index (κ2) is 10.8. The predicted octanol–water partition coefficient (Wildman–Crippen LogP) is 5.39. The summed E-state index contributed by atoms with van der Waals surface area (Å²) in [5, 5.41) is 16.2. The number of carbonyl (C=O) groups excluding carboxylic acids is 1. The Balaban J connectivity index is 1.77. The lowest BCUT2D eigenvalue weighted by atomic mass is 9.98. The van der Waals surface area contributed by atoms with Crippen LogP contribution in [0.1, 0.15) is 28.7 Å². The number of amides is 1. The second-order valence-corrected chi connectivity index (χ2v) is 9.33. The van der Waals surface area contributed by atoms with E-state index in [4.69, 9.17) is 11.6 Å². The Bertz CT molecular complexity index is 1300. The molecule has 35 heavy (non-hydrogen) atoms. The zero-order valence-corrected chi connectivity index (χ0v) is 20.5. The van der Waals surface area contributed by atoms with Crippen molar-refractivity contribution in [2.45, 2.75) is 19.3 Å². The minimum absolute atomic E-state index is 0.101. The molecule has 7 heteroatoms. The van der Waals surface area contributed by atoms with Gasteiger partial charge in [-0.25, -0.2) is 0 Å². The summed E-state index contributed by atoms with van der Waals surface area (Å²) in [5.74, 6) is -1.15. The molecule has 3 aromatic carbocycles. The molecule has 0 bridgehead atoms. The van der Waals surface area contributed by atoms with E-state index in [0.717, 1.165) is 36.2 Å². The van der Waals surface area contributed by atoms with Gasteiger partial charge in [0.25, 0.3) is 5.91 Å². The van der Waals surface area contributed by atoms with Crippen molar-refractivity contribution in [2.24, 2.45) is 0 Å². The van der Waals surface area contributed by atoms with E-state index in [9.17, 15) is 14.7 Å². The summed E-state index contributed by atoms with van der Waals surface area (Å²) >= 11 is 6.15. The van der Waals surface area contributed by atoms with Crippen LogP contribution in [-0.2, 0) is 22.4 Å². The van der Waals surface area contributed by atoms with Crippen molar-refractivity contribution in [3.63, 3.8) is 0 Å². The number of aryl methyl sites for hydroxylation is 1. The lowest BCUT2D eigenvalue weighted by molar-refractivity contribution is -0.136. The van der Waals surface area contributed by atoms with Crippen molar-refractivity contribution in [2.75, 3.05) is 31.3 Å². The molecule has 0 spiro atoms. The third-order valence-corrected chi connectivity index (χ3v) is 6.05. The van der Waals surface area contributed by atoms with Crippen LogP contribution in [0.25, 0.3) is 11.3 Å². The first-order chi connectivity index (χ1) is 16.8. The number of anilines is 2. The summed E-state index contributed by atoms with van der Waals surface area (Å²) < 4.78 is 0. The van der Waals surface area contributed by atoms with Crippen LogP contribution in [0.5, 0.6) is 0 Å². The molecule has 0 saturated carbocycles. The molecule has 0 aliphatic carbocycles. The van der Waals surface area contributed by atoms with Crippen LogP contribution >= 0.6 is 11.6 Å². The van der Waals surface area contributed by atoms with Crippen LogP contribution in [0.3, 0.4) is 0 Å². The number of nitrogens with zero attached hydrogens (tertiary/aromatic N) is 1. The van der Waals surface area contributed by atoms with Gasteiger partial charge in [-0.2, -0.15) is 0 Å². The van der Waals surface area contributed by atoms with Crippen LogP contribution < -0.4 is 10.6 Å². The molecule has 0 fully saturated rings. The summed E-state index contributed by atoms with van der Waals surface area (Å²) in [7, 11) is 4.12.